The Morgan fingerprint density at radius 2 is 2.00 bits per heavy atom. The minimum Gasteiger partial charge on any atom is -0.486 e. The highest BCUT2D eigenvalue weighted by Crippen LogP contribution is 2.22. The van der Waals surface area contributed by atoms with Crippen molar-refractivity contribution in [3.05, 3.63) is 66.1 Å². The van der Waals surface area contributed by atoms with Crippen LogP contribution >= 0.6 is 0 Å². The predicted octanol–water partition coefficient (Wildman–Crippen LogP) is 3.58. The first-order chi connectivity index (χ1) is 12.7. The summed E-state index contributed by atoms with van der Waals surface area (Å²) in [6, 6.07) is 17.7. The van der Waals surface area contributed by atoms with Gasteiger partial charge in [-0.05, 0) is 47.9 Å². The van der Waals surface area contributed by atoms with Gasteiger partial charge >= 0.3 is 0 Å². The van der Waals surface area contributed by atoms with Crippen molar-refractivity contribution in [2.24, 2.45) is 5.73 Å². The van der Waals surface area contributed by atoms with Crippen molar-refractivity contribution in [2.75, 3.05) is 13.1 Å². The maximum atomic E-state index is 12.5. The molecule has 2 heterocycles. The summed E-state index contributed by atoms with van der Waals surface area (Å²) in [7, 11) is 0. The Labute approximate surface area is 152 Å². The second kappa shape index (κ2) is 7.22. The van der Waals surface area contributed by atoms with Crippen LogP contribution in [0.2, 0.25) is 0 Å². The molecule has 2 aromatic carbocycles. The topological polar surface area (TPSA) is 68.7 Å². The number of carbonyl (C=O) groups is 1. The number of hydrogen-bond donors (Lipinski definition) is 1. The highest BCUT2D eigenvalue weighted by atomic mass is 16.5. The van der Waals surface area contributed by atoms with E-state index in [1.807, 2.05) is 30.3 Å². The first-order valence-electron chi connectivity index (χ1n) is 8.94. The zero-order chi connectivity index (χ0) is 17.9. The fraction of sp³-hybridized carbons (Fsp3) is 0.286. The average Bonchev–Trinajstić information content (AvgIpc) is 3.14. The minimum absolute atomic E-state index is 0.0540. The summed E-state index contributed by atoms with van der Waals surface area (Å²) in [5.41, 5.74) is 5.95. The maximum Gasteiger partial charge on any atom is 0.289 e. The third-order valence-electron chi connectivity index (χ3n) is 4.72. The molecular formula is C21H22N2O3. The number of furan rings is 1. The van der Waals surface area contributed by atoms with Crippen LogP contribution in [0.3, 0.4) is 0 Å². The number of amides is 1. The molecule has 5 nitrogen and oxygen atoms in total. The third kappa shape index (κ3) is 3.58. The lowest BCUT2D eigenvalue weighted by atomic mass is 10.1. The zero-order valence-corrected chi connectivity index (χ0v) is 14.6. The summed E-state index contributed by atoms with van der Waals surface area (Å²) in [6.07, 6.45) is 1.90. The van der Waals surface area contributed by atoms with E-state index in [2.05, 4.69) is 12.1 Å². The summed E-state index contributed by atoms with van der Waals surface area (Å²) in [5.74, 6) is 1.64. The van der Waals surface area contributed by atoms with Gasteiger partial charge in [-0.2, -0.15) is 0 Å². The van der Waals surface area contributed by atoms with E-state index in [1.54, 1.807) is 17.0 Å². The molecule has 1 fully saturated rings. The quantitative estimate of drug-likeness (QED) is 0.781. The summed E-state index contributed by atoms with van der Waals surface area (Å²) in [6.45, 7) is 1.60. The summed E-state index contributed by atoms with van der Waals surface area (Å²) >= 11 is 0. The molecule has 26 heavy (non-hydrogen) atoms. The van der Waals surface area contributed by atoms with Crippen molar-refractivity contribution in [3.8, 4) is 5.75 Å². The Hall–Kier alpha value is -2.79. The van der Waals surface area contributed by atoms with Crippen molar-refractivity contribution >= 4 is 16.7 Å². The summed E-state index contributed by atoms with van der Waals surface area (Å²) in [5, 5.41) is 2.30. The van der Waals surface area contributed by atoms with E-state index >= 15 is 0 Å². The van der Waals surface area contributed by atoms with Gasteiger partial charge in [0.15, 0.2) is 5.76 Å². The molecule has 1 aliphatic heterocycles. The molecule has 1 aliphatic rings. The number of piperidine rings is 1. The fourth-order valence-corrected chi connectivity index (χ4v) is 3.33. The standard InChI is InChI=1S/C21H22N2O3/c22-17-6-3-11-23(13-17)21(24)20-10-9-19(26-20)14-25-18-8-7-15-4-1-2-5-16(15)12-18/h1-2,4-5,7-10,12,17H,3,6,11,13-14,22H2. The average molecular weight is 350 g/mol. The van der Waals surface area contributed by atoms with Gasteiger partial charge in [0.05, 0.1) is 0 Å². The van der Waals surface area contributed by atoms with Gasteiger partial charge in [-0.1, -0.05) is 30.3 Å². The van der Waals surface area contributed by atoms with E-state index in [-0.39, 0.29) is 18.6 Å². The Bertz CT molecular complexity index is 918. The van der Waals surface area contributed by atoms with E-state index in [9.17, 15) is 4.79 Å². The van der Waals surface area contributed by atoms with Gasteiger partial charge in [-0.3, -0.25) is 4.79 Å². The molecule has 1 atom stereocenters. The minimum atomic E-state index is -0.0999. The van der Waals surface area contributed by atoms with Crippen LogP contribution in [0.15, 0.2) is 59.0 Å². The molecule has 2 N–H and O–H groups in total. The molecule has 0 bridgehead atoms. The van der Waals surface area contributed by atoms with E-state index in [0.29, 0.717) is 18.1 Å². The lowest BCUT2D eigenvalue weighted by Gasteiger charge is -2.30. The molecule has 5 heteroatoms. The van der Waals surface area contributed by atoms with Crippen LogP contribution in [0.4, 0.5) is 0 Å². The van der Waals surface area contributed by atoms with E-state index in [1.165, 1.54) is 5.39 Å². The Morgan fingerprint density at radius 3 is 2.85 bits per heavy atom. The molecule has 134 valence electrons. The molecular weight excluding hydrogens is 328 g/mol. The fourth-order valence-electron chi connectivity index (χ4n) is 3.33. The van der Waals surface area contributed by atoms with Gasteiger partial charge in [-0.15, -0.1) is 0 Å². The number of ether oxygens (including phenoxy) is 1. The van der Waals surface area contributed by atoms with Crippen LogP contribution in [0, 0.1) is 0 Å². The van der Waals surface area contributed by atoms with Crippen molar-refractivity contribution in [3.63, 3.8) is 0 Å². The molecule has 1 amide bonds. The zero-order valence-electron chi connectivity index (χ0n) is 14.6. The van der Waals surface area contributed by atoms with Gasteiger partial charge in [0, 0.05) is 19.1 Å². The number of nitrogens with zero attached hydrogens (tertiary/aromatic N) is 1. The molecule has 0 saturated carbocycles. The molecule has 1 unspecified atom stereocenters. The number of fused-ring (bicyclic) bond motifs is 1. The molecule has 1 saturated heterocycles. The lowest BCUT2D eigenvalue weighted by Crippen LogP contribution is -2.45. The van der Waals surface area contributed by atoms with E-state index in [4.69, 9.17) is 14.9 Å². The highest BCUT2D eigenvalue weighted by Gasteiger charge is 2.24. The van der Waals surface area contributed by atoms with Crippen molar-refractivity contribution in [1.29, 1.82) is 0 Å². The molecule has 0 aliphatic carbocycles. The van der Waals surface area contributed by atoms with Crippen molar-refractivity contribution < 1.29 is 13.9 Å². The summed E-state index contributed by atoms with van der Waals surface area (Å²) in [4.78, 5) is 14.3. The predicted molar refractivity (Wildman–Crippen MR) is 100 cm³/mol. The van der Waals surface area contributed by atoms with Gasteiger partial charge < -0.3 is 19.8 Å². The molecule has 0 spiro atoms. The van der Waals surface area contributed by atoms with Crippen LogP contribution in [-0.4, -0.2) is 29.9 Å². The lowest BCUT2D eigenvalue weighted by molar-refractivity contribution is 0.0672. The number of carbonyl (C=O) groups excluding carboxylic acids is 1. The first-order valence-corrected chi connectivity index (χ1v) is 8.94. The third-order valence-corrected chi connectivity index (χ3v) is 4.72. The Morgan fingerprint density at radius 1 is 1.15 bits per heavy atom. The van der Waals surface area contributed by atoms with Crippen molar-refractivity contribution in [2.45, 2.75) is 25.5 Å². The molecule has 4 rings (SSSR count). The van der Waals surface area contributed by atoms with Crippen LogP contribution in [0.25, 0.3) is 10.8 Å². The smallest absolute Gasteiger partial charge is 0.289 e. The van der Waals surface area contributed by atoms with Gasteiger partial charge in [0.25, 0.3) is 5.91 Å². The number of likely N-dealkylation sites (tertiary alicyclic amines) is 1. The van der Waals surface area contributed by atoms with Gasteiger partial charge in [0.1, 0.15) is 18.1 Å². The number of rotatable bonds is 4. The van der Waals surface area contributed by atoms with Crippen molar-refractivity contribution in [1.82, 2.24) is 4.90 Å². The van der Waals surface area contributed by atoms with Crippen LogP contribution in [-0.2, 0) is 6.61 Å². The molecule has 0 radical (unpaired) electrons. The highest BCUT2D eigenvalue weighted by molar-refractivity contribution is 5.91. The SMILES string of the molecule is NC1CCCN(C(=O)c2ccc(COc3ccc4ccccc4c3)o2)C1. The first kappa shape index (κ1) is 16.7. The van der Waals surface area contributed by atoms with Gasteiger partial charge in [0.2, 0.25) is 0 Å². The number of nitrogens with two attached hydrogens (primary N) is 1. The maximum absolute atomic E-state index is 12.5. The Balaban J connectivity index is 1.40. The largest absolute Gasteiger partial charge is 0.486 e. The summed E-state index contributed by atoms with van der Waals surface area (Å²) < 4.78 is 11.5. The molecule has 3 aromatic rings. The normalized spacial score (nSPS) is 17.4. The van der Waals surface area contributed by atoms with E-state index in [0.717, 1.165) is 30.5 Å². The number of hydrogen-bond acceptors (Lipinski definition) is 4. The monoisotopic (exact) mass is 350 g/mol. The van der Waals surface area contributed by atoms with Crippen LogP contribution in [0.1, 0.15) is 29.2 Å². The Kier molecular flexibility index (Phi) is 4.63. The second-order valence-corrected chi connectivity index (χ2v) is 6.72. The second-order valence-electron chi connectivity index (χ2n) is 6.72. The van der Waals surface area contributed by atoms with Crippen LogP contribution in [0.5, 0.6) is 5.75 Å². The van der Waals surface area contributed by atoms with E-state index < -0.39 is 0 Å². The van der Waals surface area contributed by atoms with Gasteiger partial charge in [-0.25, -0.2) is 0 Å². The molecule has 1 aromatic heterocycles. The number of benzene rings is 2. The van der Waals surface area contributed by atoms with Crippen LogP contribution < -0.4 is 10.5 Å².